The van der Waals surface area contributed by atoms with Crippen molar-refractivity contribution in [3.63, 3.8) is 0 Å². The molecule has 0 saturated carbocycles. The van der Waals surface area contributed by atoms with Gasteiger partial charge in [-0.15, -0.1) is 0 Å². The van der Waals surface area contributed by atoms with Crippen LogP contribution in [0.25, 0.3) is 11.2 Å². The molecule has 2 aromatic heterocycles. The molecule has 2 rings (SSSR count). The van der Waals surface area contributed by atoms with E-state index in [1.165, 1.54) is 7.05 Å². The van der Waals surface area contributed by atoms with Crippen molar-refractivity contribution < 1.29 is 4.92 Å². The van der Waals surface area contributed by atoms with Crippen LogP contribution in [0.4, 0.5) is 5.95 Å². The Morgan fingerprint density at radius 2 is 2.07 bits per heavy atom. The van der Waals surface area contributed by atoms with E-state index in [0.717, 1.165) is 4.57 Å². The summed E-state index contributed by atoms with van der Waals surface area (Å²) in [5, 5.41) is 10.4. The van der Waals surface area contributed by atoms with Crippen molar-refractivity contribution >= 4 is 17.1 Å². The lowest BCUT2D eigenvalue weighted by molar-refractivity contribution is -0.393. The van der Waals surface area contributed by atoms with E-state index in [0.29, 0.717) is 0 Å². The quantitative estimate of drug-likeness (QED) is 0.455. The summed E-state index contributed by atoms with van der Waals surface area (Å²) in [7, 11) is 1.35. The summed E-state index contributed by atoms with van der Waals surface area (Å²) in [5.41, 5.74) is -1.54. The van der Waals surface area contributed by atoms with Crippen LogP contribution in [0.15, 0.2) is 9.59 Å². The molecule has 0 aliphatic carbocycles. The molecule has 9 heteroatoms. The van der Waals surface area contributed by atoms with Crippen LogP contribution < -0.4 is 11.2 Å². The molecule has 0 radical (unpaired) electrons. The average Bonchev–Trinajstić information content (AvgIpc) is 2.59. The van der Waals surface area contributed by atoms with Gasteiger partial charge in [-0.3, -0.25) is 14.3 Å². The summed E-state index contributed by atoms with van der Waals surface area (Å²) in [4.78, 5) is 39.7. The predicted molar refractivity (Wildman–Crippen MR) is 48.6 cm³/mol. The number of nitro groups is 1. The van der Waals surface area contributed by atoms with Crippen LogP contribution in [0.1, 0.15) is 0 Å². The van der Waals surface area contributed by atoms with E-state index in [1.807, 2.05) is 4.98 Å². The molecular formula is C6H5N5O4. The SMILES string of the molecule is Cn1c(=O)[nH]c(=O)c2[nH]c([N+](=O)[O-])nc21. The minimum Gasteiger partial charge on any atom is -0.390 e. The van der Waals surface area contributed by atoms with Gasteiger partial charge in [0.15, 0.2) is 0 Å². The van der Waals surface area contributed by atoms with Crippen molar-refractivity contribution in [3.8, 4) is 0 Å². The van der Waals surface area contributed by atoms with Crippen molar-refractivity contribution in [2.45, 2.75) is 0 Å². The Bertz CT molecular complexity index is 662. The lowest BCUT2D eigenvalue weighted by atomic mass is 10.5. The zero-order valence-electron chi connectivity index (χ0n) is 7.47. The first-order valence-electron chi connectivity index (χ1n) is 3.84. The van der Waals surface area contributed by atoms with E-state index >= 15 is 0 Å². The summed E-state index contributed by atoms with van der Waals surface area (Å²) in [6.07, 6.45) is 0. The van der Waals surface area contributed by atoms with Gasteiger partial charge in [-0.2, -0.15) is 0 Å². The molecule has 0 amide bonds. The Hall–Kier alpha value is -2.45. The van der Waals surface area contributed by atoms with E-state index in [-0.39, 0.29) is 11.2 Å². The summed E-state index contributed by atoms with van der Waals surface area (Å²) in [6.45, 7) is 0. The Morgan fingerprint density at radius 3 is 2.67 bits per heavy atom. The number of nitrogens with one attached hydrogen (secondary N) is 2. The second-order valence-electron chi connectivity index (χ2n) is 2.83. The molecule has 0 aromatic carbocycles. The van der Waals surface area contributed by atoms with Crippen molar-refractivity contribution in [1.82, 2.24) is 19.5 Å². The molecule has 2 aromatic rings. The number of nitrogens with zero attached hydrogens (tertiary/aromatic N) is 3. The first-order chi connectivity index (χ1) is 7.00. The first kappa shape index (κ1) is 9.12. The summed E-state index contributed by atoms with van der Waals surface area (Å²) < 4.78 is 1.01. The number of hydrogen-bond donors (Lipinski definition) is 2. The van der Waals surface area contributed by atoms with Crippen molar-refractivity contribution in [1.29, 1.82) is 0 Å². The Labute approximate surface area is 80.5 Å². The second-order valence-corrected chi connectivity index (χ2v) is 2.83. The van der Waals surface area contributed by atoms with Crippen LogP contribution in [-0.2, 0) is 7.05 Å². The fraction of sp³-hybridized carbons (Fsp3) is 0.167. The van der Waals surface area contributed by atoms with Crippen LogP contribution >= 0.6 is 0 Å². The first-order valence-corrected chi connectivity index (χ1v) is 3.84. The van der Waals surface area contributed by atoms with Crippen LogP contribution in [-0.4, -0.2) is 24.4 Å². The van der Waals surface area contributed by atoms with Gasteiger partial charge in [0.05, 0.1) is 0 Å². The van der Waals surface area contributed by atoms with Crippen LogP contribution in [0, 0.1) is 10.1 Å². The topological polar surface area (TPSA) is 127 Å². The molecule has 9 nitrogen and oxygen atoms in total. The van der Waals surface area contributed by atoms with E-state index in [4.69, 9.17) is 0 Å². The standard InChI is InChI=1S/C6H5N5O4/c1-10-3-2(4(12)9-6(10)13)7-5(8-3)11(14)15/h1H3,(H,7,8)(H,9,12,13). The zero-order valence-corrected chi connectivity index (χ0v) is 7.47. The Kier molecular flexibility index (Phi) is 1.68. The van der Waals surface area contributed by atoms with Crippen LogP contribution in [0.3, 0.4) is 0 Å². The van der Waals surface area contributed by atoms with Gasteiger partial charge < -0.3 is 10.1 Å². The number of fused-ring (bicyclic) bond motifs is 1. The molecule has 0 saturated heterocycles. The molecule has 0 unspecified atom stereocenters. The number of rotatable bonds is 1. The van der Waals surface area contributed by atoms with Crippen molar-refractivity contribution in [2.24, 2.45) is 7.05 Å². The minimum atomic E-state index is -0.774. The highest BCUT2D eigenvalue weighted by atomic mass is 16.6. The highest BCUT2D eigenvalue weighted by Gasteiger charge is 2.19. The van der Waals surface area contributed by atoms with Gasteiger partial charge in [0.1, 0.15) is 0 Å². The minimum absolute atomic E-state index is 0.0459. The molecule has 0 aliphatic rings. The van der Waals surface area contributed by atoms with Crippen molar-refractivity contribution in [2.75, 3.05) is 0 Å². The van der Waals surface area contributed by atoms with Gasteiger partial charge in [-0.25, -0.2) is 9.78 Å². The van der Waals surface area contributed by atoms with Gasteiger partial charge in [-0.05, 0) is 9.91 Å². The smallest absolute Gasteiger partial charge is 0.390 e. The van der Waals surface area contributed by atoms with Gasteiger partial charge in [-0.1, -0.05) is 0 Å². The summed E-state index contributed by atoms with van der Waals surface area (Å²) >= 11 is 0. The molecule has 2 heterocycles. The highest BCUT2D eigenvalue weighted by molar-refractivity contribution is 5.70. The van der Waals surface area contributed by atoms with E-state index in [9.17, 15) is 19.7 Å². The van der Waals surface area contributed by atoms with Crippen LogP contribution in [0.5, 0.6) is 0 Å². The van der Waals surface area contributed by atoms with Crippen LogP contribution in [0.2, 0.25) is 0 Å². The fourth-order valence-corrected chi connectivity index (χ4v) is 1.18. The maximum absolute atomic E-state index is 11.2. The molecule has 78 valence electrons. The van der Waals surface area contributed by atoms with E-state index < -0.39 is 22.1 Å². The fourth-order valence-electron chi connectivity index (χ4n) is 1.18. The number of aromatic nitrogens is 4. The number of imidazole rings is 1. The number of H-pyrrole nitrogens is 2. The van der Waals surface area contributed by atoms with E-state index in [2.05, 4.69) is 9.97 Å². The second kappa shape index (κ2) is 2.77. The van der Waals surface area contributed by atoms with Gasteiger partial charge in [0.2, 0.25) is 5.52 Å². The molecule has 0 aliphatic heterocycles. The average molecular weight is 211 g/mol. The monoisotopic (exact) mass is 211 g/mol. The Morgan fingerprint density at radius 1 is 1.40 bits per heavy atom. The van der Waals surface area contributed by atoms with E-state index in [1.54, 1.807) is 0 Å². The third-order valence-electron chi connectivity index (χ3n) is 1.92. The molecule has 2 N–H and O–H groups in total. The van der Waals surface area contributed by atoms with Gasteiger partial charge in [0, 0.05) is 7.05 Å². The maximum Gasteiger partial charge on any atom is 0.435 e. The lowest BCUT2D eigenvalue weighted by Gasteiger charge is -1.90. The third kappa shape index (κ3) is 1.21. The highest BCUT2D eigenvalue weighted by Crippen LogP contribution is 2.09. The zero-order chi connectivity index (χ0) is 11.2. The molecule has 0 atom stereocenters. The summed E-state index contributed by atoms with van der Waals surface area (Å²) in [5.74, 6) is -0.572. The number of hydrogen-bond acceptors (Lipinski definition) is 5. The third-order valence-corrected chi connectivity index (χ3v) is 1.92. The molecule has 0 fully saturated rings. The molecule has 15 heavy (non-hydrogen) atoms. The number of aryl methyl sites for hydroxylation is 1. The largest absolute Gasteiger partial charge is 0.435 e. The van der Waals surface area contributed by atoms with Gasteiger partial charge in [0.25, 0.3) is 11.2 Å². The lowest BCUT2D eigenvalue weighted by Crippen LogP contribution is -2.28. The van der Waals surface area contributed by atoms with Gasteiger partial charge >= 0.3 is 11.6 Å². The normalized spacial score (nSPS) is 10.7. The molecular weight excluding hydrogens is 206 g/mol. The Balaban J connectivity index is 2.98. The molecule has 0 bridgehead atoms. The summed E-state index contributed by atoms with van der Waals surface area (Å²) in [6, 6.07) is 0. The van der Waals surface area contributed by atoms with Crippen molar-refractivity contribution in [3.05, 3.63) is 31.0 Å². The molecule has 0 spiro atoms. The predicted octanol–water partition coefficient (Wildman–Crippen LogP) is -1.14. The maximum atomic E-state index is 11.2. The number of aromatic amines is 2.